The normalized spacial score (nSPS) is 12.4. The highest BCUT2D eigenvalue weighted by Crippen LogP contribution is 2.12. The molecule has 0 aliphatic carbocycles. The molecular weight excluding hydrogens is 275 g/mol. The molecule has 2 aromatic heterocycles. The minimum atomic E-state index is 0.0794. The Balaban J connectivity index is 1.88. The second-order valence-corrected chi connectivity index (χ2v) is 4.54. The lowest BCUT2D eigenvalue weighted by Gasteiger charge is -2.12. The highest BCUT2D eigenvalue weighted by atomic mass is 35.5. The zero-order valence-electron chi connectivity index (χ0n) is 9.73. The van der Waals surface area contributed by atoms with Crippen LogP contribution in [-0.2, 0) is 6.42 Å². The third kappa shape index (κ3) is 3.85. The van der Waals surface area contributed by atoms with Crippen LogP contribution in [0.2, 0.25) is 10.6 Å². The molecule has 1 N–H and O–H groups in total. The van der Waals surface area contributed by atoms with Gasteiger partial charge in [-0.3, -0.25) is 0 Å². The predicted octanol–water partition coefficient (Wildman–Crippen LogP) is 3.20. The topological polar surface area (TPSA) is 63.8 Å². The van der Waals surface area contributed by atoms with E-state index in [9.17, 15) is 0 Å². The van der Waals surface area contributed by atoms with E-state index in [-0.39, 0.29) is 16.6 Å². The van der Waals surface area contributed by atoms with Crippen LogP contribution in [0.25, 0.3) is 0 Å². The minimum Gasteiger partial charge on any atom is -0.469 e. The highest BCUT2D eigenvalue weighted by molar-refractivity contribution is 6.31. The van der Waals surface area contributed by atoms with Crippen LogP contribution in [0.5, 0.6) is 0 Å². The standard InChI is InChI=1S/C11H12Cl2N4O/c1-7(4-5-8-3-2-6-18-8)14-11-16-9(12)15-10(13)17-11/h2-3,6-7H,4-5H2,1H3,(H,14,15,16,17). The molecule has 1 unspecified atom stereocenters. The smallest absolute Gasteiger partial charge is 0.228 e. The van der Waals surface area contributed by atoms with Gasteiger partial charge in [-0.15, -0.1) is 0 Å². The quantitative estimate of drug-likeness (QED) is 0.914. The number of anilines is 1. The van der Waals surface area contributed by atoms with Crippen molar-refractivity contribution in [1.82, 2.24) is 15.0 Å². The van der Waals surface area contributed by atoms with Crippen LogP contribution in [0.15, 0.2) is 22.8 Å². The van der Waals surface area contributed by atoms with Crippen LogP contribution in [0.4, 0.5) is 5.95 Å². The SMILES string of the molecule is CC(CCc1ccco1)Nc1nc(Cl)nc(Cl)n1. The Morgan fingerprint density at radius 2 is 2.00 bits per heavy atom. The van der Waals surface area contributed by atoms with E-state index in [1.165, 1.54) is 0 Å². The Morgan fingerprint density at radius 3 is 2.61 bits per heavy atom. The van der Waals surface area contributed by atoms with Gasteiger partial charge < -0.3 is 9.73 Å². The van der Waals surface area contributed by atoms with E-state index < -0.39 is 0 Å². The number of nitrogens with zero attached hydrogens (tertiary/aromatic N) is 3. The number of hydrogen-bond acceptors (Lipinski definition) is 5. The fraction of sp³-hybridized carbons (Fsp3) is 0.364. The van der Waals surface area contributed by atoms with Crippen LogP contribution >= 0.6 is 23.2 Å². The average Bonchev–Trinajstić information content (AvgIpc) is 2.77. The van der Waals surface area contributed by atoms with Gasteiger partial charge in [-0.1, -0.05) is 0 Å². The molecule has 0 fully saturated rings. The maximum Gasteiger partial charge on any atom is 0.228 e. The van der Waals surface area contributed by atoms with Crippen LogP contribution < -0.4 is 5.32 Å². The Hall–Kier alpha value is -1.33. The molecule has 0 bridgehead atoms. The van der Waals surface area contributed by atoms with Gasteiger partial charge in [-0.25, -0.2) is 0 Å². The summed E-state index contributed by atoms with van der Waals surface area (Å²) in [7, 11) is 0. The molecule has 0 saturated heterocycles. The lowest BCUT2D eigenvalue weighted by molar-refractivity contribution is 0.494. The van der Waals surface area contributed by atoms with Crippen LogP contribution in [0, 0.1) is 0 Å². The molecule has 18 heavy (non-hydrogen) atoms. The van der Waals surface area contributed by atoms with E-state index in [1.807, 2.05) is 19.1 Å². The molecular formula is C11H12Cl2N4O. The lowest BCUT2D eigenvalue weighted by Crippen LogP contribution is -2.18. The maximum atomic E-state index is 5.69. The first-order valence-corrected chi connectivity index (χ1v) is 6.25. The predicted molar refractivity (Wildman–Crippen MR) is 70.0 cm³/mol. The van der Waals surface area contributed by atoms with E-state index in [2.05, 4.69) is 20.3 Å². The Morgan fingerprint density at radius 1 is 1.28 bits per heavy atom. The van der Waals surface area contributed by atoms with Crippen molar-refractivity contribution in [2.75, 3.05) is 5.32 Å². The molecule has 0 aromatic carbocycles. The molecule has 0 amide bonds. The molecule has 7 heteroatoms. The molecule has 0 saturated carbocycles. The summed E-state index contributed by atoms with van der Waals surface area (Å²) in [5.41, 5.74) is 0. The molecule has 0 aliphatic rings. The zero-order valence-corrected chi connectivity index (χ0v) is 11.2. The lowest BCUT2D eigenvalue weighted by atomic mass is 10.1. The molecule has 5 nitrogen and oxygen atoms in total. The molecule has 2 rings (SSSR count). The zero-order chi connectivity index (χ0) is 13.0. The summed E-state index contributed by atoms with van der Waals surface area (Å²) in [5, 5.41) is 3.27. The average molecular weight is 287 g/mol. The minimum absolute atomic E-state index is 0.0794. The van der Waals surface area contributed by atoms with Crippen molar-refractivity contribution in [2.45, 2.75) is 25.8 Å². The van der Waals surface area contributed by atoms with Gasteiger partial charge in [-0.2, -0.15) is 15.0 Å². The summed E-state index contributed by atoms with van der Waals surface area (Å²) in [6.07, 6.45) is 3.39. The van der Waals surface area contributed by atoms with Crippen LogP contribution in [0.3, 0.4) is 0 Å². The van der Waals surface area contributed by atoms with E-state index in [1.54, 1.807) is 6.26 Å². The summed E-state index contributed by atoms with van der Waals surface area (Å²) in [4.78, 5) is 11.6. The van der Waals surface area contributed by atoms with Gasteiger partial charge in [0, 0.05) is 12.5 Å². The molecule has 0 spiro atoms. The van der Waals surface area contributed by atoms with Gasteiger partial charge in [0.15, 0.2) is 0 Å². The van der Waals surface area contributed by atoms with Crippen LogP contribution in [0.1, 0.15) is 19.1 Å². The van der Waals surface area contributed by atoms with Crippen LogP contribution in [-0.4, -0.2) is 21.0 Å². The first-order chi connectivity index (χ1) is 8.63. The number of hydrogen-bond donors (Lipinski definition) is 1. The summed E-state index contributed by atoms with van der Waals surface area (Å²) < 4.78 is 5.26. The van der Waals surface area contributed by atoms with Gasteiger partial charge in [0.2, 0.25) is 16.5 Å². The van der Waals surface area contributed by atoms with E-state index in [4.69, 9.17) is 27.6 Å². The molecule has 96 valence electrons. The number of rotatable bonds is 5. The number of furan rings is 1. The molecule has 1 atom stereocenters. The largest absolute Gasteiger partial charge is 0.469 e. The summed E-state index contributed by atoms with van der Waals surface area (Å²) in [6, 6.07) is 3.99. The van der Waals surface area contributed by atoms with Crippen molar-refractivity contribution in [3.05, 3.63) is 34.7 Å². The molecule has 2 heterocycles. The van der Waals surface area contributed by atoms with E-state index in [0.29, 0.717) is 5.95 Å². The number of nitrogens with one attached hydrogen (secondary N) is 1. The number of aryl methyl sites for hydroxylation is 1. The first-order valence-electron chi connectivity index (χ1n) is 5.49. The highest BCUT2D eigenvalue weighted by Gasteiger charge is 2.08. The first kappa shape index (κ1) is 13.1. The van der Waals surface area contributed by atoms with Crippen molar-refractivity contribution in [3.8, 4) is 0 Å². The maximum absolute atomic E-state index is 5.69. The van der Waals surface area contributed by atoms with Gasteiger partial charge >= 0.3 is 0 Å². The van der Waals surface area contributed by atoms with Gasteiger partial charge in [-0.05, 0) is 48.7 Å². The molecule has 2 aromatic rings. The summed E-state index contributed by atoms with van der Waals surface area (Å²) >= 11 is 11.4. The fourth-order valence-electron chi connectivity index (χ4n) is 1.50. The van der Waals surface area contributed by atoms with E-state index in [0.717, 1.165) is 18.6 Å². The van der Waals surface area contributed by atoms with Gasteiger partial charge in [0.25, 0.3) is 0 Å². The second kappa shape index (κ2) is 6.02. The molecule has 0 aliphatic heterocycles. The monoisotopic (exact) mass is 286 g/mol. The second-order valence-electron chi connectivity index (χ2n) is 3.86. The third-order valence-corrected chi connectivity index (χ3v) is 2.70. The van der Waals surface area contributed by atoms with Crippen molar-refractivity contribution in [3.63, 3.8) is 0 Å². The Kier molecular flexibility index (Phi) is 4.38. The van der Waals surface area contributed by atoms with Crippen molar-refractivity contribution < 1.29 is 4.42 Å². The van der Waals surface area contributed by atoms with Crippen molar-refractivity contribution in [1.29, 1.82) is 0 Å². The van der Waals surface area contributed by atoms with Gasteiger partial charge in [0.1, 0.15) is 5.76 Å². The fourth-order valence-corrected chi connectivity index (χ4v) is 1.86. The molecule has 0 radical (unpaired) electrons. The van der Waals surface area contributed by atoms with Crippen molar-refractivity contribution >= 4 is 29.2 Å². The number of halogens is 2. The Labute approximate surface area is 115 Å². The summed E-state index contributed by atoms with van der Waals surface area (Å²) in [5.74, 6) is 1.34. The summed E-state index contributed by atoms with van der Waals surface area (Å²) in [6.45, 7) is 2.02. The van der Waals surface area contributed by atoms with Gasteiger partial charge in [0.05, 0.1) is 6.26 Å². The van der Waals surface area contributed by atoms with E-state index >= 15 is 0 Å². The third-order valence-electron chi connectivity index (χ3n) is 2.36. The number of aromatic nitrogens is 3. The Bertz CT molecular complexity index is 483. The van der Waals surface area contributed by atoms with Crippen molar-refractivity contribution in [2.24, 2.45) is 0 Å².